The molecule has 16 heavy (non-hydrogen) atoms. The van der Waals surface area contributed by atoms with Gasteiger partial charge >= 0.3 is 0 Å². The summed E-state index contributed by atoms with van der Waals surface area (Å²) in [6.07, 6.45) is 4.82. The van der Waals surface area contributed by atoms with Crippen LogP contribution in [-0.2, 0) is 0 Å². The van der Waals surface area contributed by atoms with E-state index in [1.54, 1.807) is 24.7 Å². The van der Waals surface area contributed by atoms with E-state index in [1.165, 1.54) is 6.07 Å². The molecule has 1 aromatic heterocycles. The van der Waals surface area contributed by atoms with Crippen molar-refractivity contribution in [3.05, 3.63) is 59.9 Å². The van der Waals surface area contributed by atoms with Gasteiger partial charge in [-0.25, -0.2) is 8.78 Å². The van der Waals surface area contributed by atoms with Crippen LogP contribution in [0, 0.1) is 11.6 Å². The van der Waals surface area contributed by atoms with Crippen LogP contribution in [0.4, 0.5) is 14.5 Å². The van der Waals surface area contributed by atoms with Crippen molar-refractivity contribution < 1.29 is 8.78 Å². The van der Waals surface area contributed by atoms with Gasteiger partial charge in [0.15, 0.2) is 11.6 Å². The smallest absolute Gasteiger partial charge is 0.160 e. The van der Waals surface area contributed by atoms with E-state index in [-0.39, 0.29) is 0 Å². The maximum atomic E-state index is 12.8. The summed E-state index contributed by atoms with van der Waals surface area (Å²) >= 11 is 0. The minimum Gasteiger partial charge on any atom is -0.264 e. The second-order valence-corrected chi connectivity index (χ2v) is 3.14. The average Bonchev–Trinajstić information content (AvgIpc) is 2.32. The lowest BCUT2D eigenvalue weighted by molar-refractivity contribution is 0.509. The Hall–Kier alpha value is -2.10. The van der Waals surface area contributed by atoms with Crippen LogP contribution in [0.5, 0.6) is 0 Å². The van der Waals surface area contributed by atoms with Crippen molar-refractivity contribution >= 4 is 11.9 Å². The predicted octanol–water partition coefficient (Wildman–Crippen LogP) is 3.11. The molecule has 0 saturated heterocycles. The van der Waals surface area contributed by atoms with Crippen molar-refractivity contribution in [2.45, 2.75) is 0 Å². The minimum absolute atomic E-state index is 0.364. The summed E-state index contributed by atoms with van der Waals surface area (Å²) < 4.78 is 25.5. The molecule has 0 aliphatic rings. The Kier molecular flexibility index (Phi) is 3.00. The van der Waals surface area contributed by atoms with Gasteiger partial charge in [0.05, 0.1) is 5.69 Å². The average molecular weight is 218 g/mol. The molecule has 1 aromatic carbocycles. The normalized spacial score (nSPS) is 10.9. The second kappa shape index (κ2) is 4.61. The van der Waals surface area contributed by atoms with Crippen LogP contribution < -0.4 is 0 Å². The molecule has 0 bridgehead atoms. The van der Waals surface area contributed by atoms with E-state index in [2.05, 4.69) is 9.98 Å². The fourth-order valence-electron chi connectivity index (χ4n) is 1.17. The van der Waals surface area contributed by atoms with Gasteiger partial charge in [-0.2, -0.15) is 0 Å². The Bertz CT molecular complexity index is 510. The van der Waals surface area contributed by atoms with Gasteiger partial charge in [-0.1, -0.05) is 6.07 Å². The molecule has 0 N–H and O–H groups in total. The highest BCUT2D eigenvalue weighted by Crippen LogP contribution is 2.15. The molecule has 0 fully saturated rings. The molecule has 0 saturated carbocycles. The summed E-state index contributed by atoms with van der Waals surface area (Å²) in [6, 6.07) is 7.09. The van der Waals surface area contributed by atoms with Crippen LogP contribution in [-0.4, -0.2) is 11.2 Å². The Morgan fingerprint density at radius 2 is 2.00 bits per heavy atom. The van der Waals surface area contributed by atoms with Crippen molar-refractivity contribution in [3.8, 4) is 0 Å². The lowest BCUT2D eigenvalue weighted by Crippen LogP contribution is -1.83. The number of pyridine rings is 1. The Morgan fingerprint density at radius 3 is 2.69 bits per heavy atom. The van der Waals surface area contributed by atoms with E-state index in [9.17, 15) is 8.78 Å². The quantitative estimate of drug-likeness (QED) is 0.711. The number of benzene rings is 1. The molecule has 80 valence electrons. The molecule has 4 heteroatoms. The molecule has 0 spiro atoms. The molecule has 1 heterocycles. The van der Waals surface area contributed by atoms with Crippen LogP contribution >= 0.6 is 0 Å². The molecular weight excluding hydrogens is 210 g/mol. The minimum atomic E-state index is -0.902. The lowest BCUT2D eigenvalue weighted by Gasteiger charge is -1.95. The van der Waals surface area contributed by atoms with Gasteiger partial charge in [0.25, 0.3) is 0 Å². The first kappa shape index (κ1) is 10.4. The topological polar surface area (TPSA) is 25.2 Å². The largest absolute Gasteiger partial charge is 0.264 e. The van der Waals surface area contributed by atoms with Crippen molar-refractivity contribution in [1.82, 2.24) is 4.98 Å². The summed E-state index contributed by atoms with van der Waals surface area (Å²) in [7, 11) is 0. The van der Waals surface area contributed by atoms with E-state index in [1.807, 2.05) is 6.07 Å². The Balaban J connectivity index is 2.21. The molecule has 2 nitrogen and oxygen atoms in total. The zero-order chi connectivity index (χ0) is 11.4. The highest BCUT2D eigenvalue weighted by Gasteiger charge is 2.00. The predicted molar refractivity (Wildman–Crippen MR) is 57.8 cm³/mol. The van der Waals surface area contributed by atoms with Crippen LogP contribution in [0.1, 0.15) is 5.56 Å². The zero-order valence-corrected chi connectivity index (χ0v) is 8.27. The zero-order valence-electron chi connectivity index (χ0n) is 8.27. The van der Waals surface area contributed by atoms with Crippen LogP contribution in [0.15, 0.2) is 47.7 Å². The number of hydrogen-bond donors (Lipinski definition) is 0. The van der Waals surface area contributed by atoms with Gasteiger partial charge in [-0.15, -0.1) is 0 Å². The fourth-order valence-corrected chi connectivity index (χ4v) is 1.17. The van der Waals surface area contributed by atoms with E-state index in [0.29, 0.717) is 5.69 Å². The molecule has 0 aliphatic carbocycles. The first-order valence-corrected chi connectivity index (χ1v) is 4.65. The number of halogens is 2. The SMILES string of the molecule is Fc1ccc(N=Cc2cccnc2)cc1F. The first-order valence-electron chi connectivity index (χ1n) is 4.65. The van der Waals surface area contributed by atoms with Crippen molar-refractivity contribution in [1.29, 1.82) is 0 Å². The van der Waals surface area contributed by atoms with E-state index in [4.69, 9.17) is 0 Å². The van der Waals surface area contributed by atoms with Crippen molar-refractivity contribution in [3.63, 3.8) is 0 Å². The lowest BCUT2D eigenvalue weighted by atomic mass is 10.3. The van der Waals surface area contributed by atoms with E-state index < -0.39 is 11.6 Å². The molecule has 2 rings (SSSR count). The van der Waals surface area contributed by atoms with Gasteiger partial charge in [0.2, 0.25) is 0 Å². The first-order chi connectivity index (χ1) is 7.75. The van der Waals surface area contributed by atoms with Crippen LogP contribution in [0.3, 0.4) is 0 Å². The second-order valence-electron chi connectivity index (χ2n) is 3.14. The molecule has 0 aliphatic heterocycles. The van der Waals surface area contributed by atoms with Crippen LogP contribution in [0.25, 0.3) is 0 Å². The van der Waals surface area contributed by atoms with Crippen molar-refractivity contribution in [2.24, 2.45) is 4.99 Å². The number of rotatable bonds is 2. The summed E-state index contributed by atoms with van der Waals surface area (Å²) in [5.74, 6) is -1.78. The number of aliphatic imine (C=N–C) groups is 1. The third kappa shape index (κ3) is 2.48. The van der Waals surface area contributed by atoms with Gasteiger partial charge in [0, 0.05) is 30.2 Å². The molecule has 0 radical (unpaired) electrons. The number of hydrogen-bond acceptors (Lipinski definition) is 2. The monoisotopic (exact) mass is 218 g/mol. The molecule has 0 unspecified atom stereocenters. The number of nitrogens with zero attached hydrogens (tertiary/aromatic N) is 2. The summed E-state index contributed by atoms with van der Waals surface area (Å²) in [5.41, 5.74) is 1.16. The fraction of sp³-hybridized carbons (Fsp3) is 0. The highest BCUT2D eigenvalue weighted by molar-refractivity contribution is 5.81. The molecule has 2 aromatic rings. The van der Waals surface area contributed by atoms with Gasteiger partial charge < -0.3 is 0 Å². The maximum Gasteiger partial charge on any atom is 0.160 e. The summed E-state index contributed by atoms with van der Waals surface area (Å²) in [4.78, 5) is 7.91. The molecule has 0 amide bonds. The van der Waals surface area contributed by atoms with Gasteiger partial charge in [-0.05, 0) is 18.2 Å². The standard InChI is InChI=1S/C12H8F2N2/c13-11-4-3-10(6-12(11)14)16-8-9-2-1-5-15-7-9/h1-8H. The summed E-state index contributed by atoms with van der Waals surface area (Å²) in [6.45, 7) is 0. The summed E-state index contributed by atoms with van der Waals surface area (Å²) in [5, 5.41) is 0. The Morgan fingerprint density at radius 1 is 1.12 bits per heavy atom. The number of aromatic nitrogens is 1. The van der Waals surface area contributed by atoms with Gasteiger partial charge in [-0.3, -0.25) is 9.98 Å². The third-order valence-corrected chi connectivity index (χ3v) is 1.95. The third-order valence-electron chi connectivity index (χ3n) is 1.95. The highest BCUT2D eigenvalue weighted by atomic mass is 19.2. The molecule has 0 atom stereocenters. The Labute approximate surface area is 91.3 Å². The van der Waals surface area contributed by atoms with Crippen LogP contribution in [0.2, 0.25) is 0 Å². The van der Waals surface area contributed by atoms with E-state index >= 15 is 0 Å². The molecular formula is C12H8F2N2. The van der Waals surface area contributed by atoms with Gasteiger partial charge in [0.1, 0.15) is 0 Å². The maximum absolute atomic E-state index is 12.8. The van der Waals surface area contributed by atoms with E-state index in [0.717, 1.165) is 17.7 Å². The van der Waals surface area contributed by atoms with Crippen molar-refractivity contribution in [2.75, 3.05) is 0 Å².